The largest absolute Gasteiger partial charge is 0.527 e. The number of phosphoric ester groups is 2. The molecule has 0 aromatic rings. The van der Waals surface area contributed by atoms with Crippen LogP contribution in [-0.2, 0) is 61.9 Å². The first kappa shape index (κ1) is 21.6. The molecule has 98 valence electrons. The van der Waals surface area contributed by atoms with Gasteiger partial charge in [-0.25, -0.2) is 18.7 Å². The molecule has 0 aromatic heterocycles. The molecular weight excluding hydrogens is 358 g/mol. The van der Waals surface area contributed by atoms with E-state index in [0.29, 0.717) is 0 Å². The van der Waals surface area contributed by atoms with Gasteiger partial charge in [0.1, 0.15) is 0 Å². The van der Waals surface area contributed by atoms with Crippen LogP contribution in [0.5, 0.6) is 0 Å². The second-order valence-corrected chi connectivity index (χ2v) is 4.07. The van der Waals surface area contributed by atoms with Gasteiger partial charge in [0, 0.05) is 34.1 Å². The van der Waals surface area contributed by atoms with Crippen LogP contribution < -0.4 is 0 Å². The van der Waals surface area contributed by atoms with E-state index < -0.39 is 27.6 Å². The number of hydrogen-bond acceptors (Lipinski definition) is 6. The van der Waals surface area contributed by atoms with Crippen LogP contribution in [0.4, 0.5) is 0 Å². The SMILES string of the molecule is O=C(OP(=O)(O)O)C(=O)OP(=O)(O)O.[Fe].[Fe]. The van der Waals surface area contributed by atoms with Gasteiger partial charge in [-0.15, -0.1) is 0 Å². The third-order valence-electron chi connectivity index (χ3n) is 0.570. The molecule has 0 spiro atoms. The van der Waals surface area contributed by atoms with E-state index in [4.69, 9.17) is 19.6 Å². The van der Waals surface area contributed by atoms with Gasteiger partial charge >= 0.3 is 27.6 Å². The summed E-state index contributed by atoms with van der Waals surface area (Å²) < 4.78 is 26.2. The standard InChI is InChI=1S/C2H4O10P2.2Fe/c3-1(11-13(5,6)7)2(4)12-14(8,9)10;;/h(H2,5,6,7)(H2,8,9,10);;. The van der Waals surface area contributed by atoms with E-state index in [1.54, 1.807) is 0 Å². The normalized spacial score (nSPS) is 10.5. The molecular formula is C2H4Fe2O10P2. The number of rotatable bonds is 2. The van der Waals surface area contributed by atoms with Crippen molar-refractivity contribution in [1.82, 2.24) is 0 Å². The average Bonchev–Trinajstić information content (AvgIpc) is 1.78. The van der Waals surface area contributed by atoms with Crippen molar-refractivity contribution >= 4 is 27.6 Å². The van der Waals surface area contributed by atoms with Crippen LogP contribution >= 0.6 is 15.6 Å². The van der Waals surface area contributed by atoms with Crippen LogP contribution in [0.15, 0.2) is 0 Å². The van der Waals surface area contributed by atoms with Crippen molar-refractivity contribution in [1.29, 1.82) is 0 Å². The zero-order valence-electron chi connectivity index (χ0n) is 6.84. The van der Waals surface area contributed by atoms with Crippen LogP contribution in [0.1, 0.15) is 0 Å². The molecule has 0 rings (SSSR count). The second-order valence-electron chi connectivity index (χ2n) is 1.74. The van der Waals surface area contributed by atoms with Crippen molar-refractivity contribution in [3.63, 3.8) is 0 Å². The summed E-state index contributed by atoms with van der Waals surface area (Å²) in [5.74, 6) is -4.41. The topological polar surface area (TPSA) is 168 Å². The van der Waals surface area contributed by atoms with Gasteiger partial charge in [0.05, 0.1) is 0 Å². The first-order valence-electron chi connectivity index (χ1n) is 2.60. The van der Waals surface area contributed by atoms with Crippen molar-refractivity contribution in [3.05, 3.63) is 0 Å². The Balaban J connectivity index is -0.000000845. The van der Waals surface area contributed by atoms with E-state index in [0.717, 1.165) is 0 Å². The number of phosphoric acid groups is 2. The van der Waals surface area contributed by atoms with Gasteiger partial charge in [0.25, 0.3) is 0 Å². The number of carbonyl (C=O) groups is 2. The Morgan fingerprint density at radius 1 is 0.750 bits per heavy atom. The van der Waals surface area contributed by atoms with E-state index >= 15 is 0 Å². The molecule has 0 amide bonds. The van der Waals surface area contributed by atoms with E-state index in [1.165, 1.54) is 0 Å². The summed E-state index contributed by atoms with van der Waals surface area (Å²) in [7, 11) is -10.5. The Labute approximate surface area is 109 Å². The fraction of sp³-hybridized carbons (Fsp3) is 0. The van der Waals surface area contributed by atoms with Gasteiger partial charge in [-0.2, -0.15) is 0 Å². The van der Waals surface area contributed by atoms with Crippen LogP contribution in [0.3, 0.4) is 0 Å². The first-order chi connectivity index (χ1) is 6.01. The molecule has 0 heterocycles. The smallest absolute Gasteiger partial charge is 0.362 e. The van der Waals surface area contributed by atoms with Crippen LogP contribution in [-0.4, -0.2) is 31.5 Å². The molecule has 4 N–H and O–H groups in total. The molecule has 0 saturated heterocycles. The average molecular weight is 362 g/mol. The van der Waals surface area contributed by atoms with E-state index in [9.17, 15) is 18.7 Å². The van der Waals surface area contributed by atoms with E-state index in [1.807, 2.05) is 0 Å². The molecule has 0 radical (unpaired) electrons. The summed E-state index contributed by atoms with van der Waals surface area (Å²) in [5.41, 5.74) is 0. The minimum absolute atomic E-state index is 0. The molecule has 0 aliphatic heterocycles. The van der Waals surface area contributed by atoms with Crippen molar-refractivity contribution < 1.29 is 81.5 Å². The van der Waals surface area contributed by atoms with Gasteiger partial charge in [-0.1, -0.05) is 0 Å². The molecule has 0 aliphatic rings. The molecule has 0 bridgehead atoms. The molecule has 0 aromatic carbocycles. The zero-order chi connectivity index (χ0) is 11.6. The number of carbonyl (C=O) groups excluding carboxylic acids is 2. The van der Waals surface area contributed by atoms with Crippen molar-refractivity contribution in [2.24, 2.45) is 0 Å². The summed E-state index contributed by atoms with van der Waals surface area (Å²) in [6.07, 6.45) is 0. The maximum Gasteiger partial charge on any atom is 0.527 e. The second kappa shape index (κ2) is 7.58. The summed E-state index contributed by atoms with van der Waals surface area (Å²) >= 11 is 0. The fourth-order valence-electron chi connectivity index (χ4n) is 0.291. The van der Waals surface area contributed by atoms with Gasteiger partial charge in [-0.3, -0.25) is 19.6 Å². The quantitative estimate of drug-likeness (QED) is 0.251. The molecule has 0 aliphatic carbocycles. The van der Waals surface area contributed by atoms with Gasteiger partial charge in [0.15, 0.2) is 0 Å². The van der Waals surface area contributed by atoms with Gasteiger partial charge in [0.2, 0.25) is 0 Å². The molecule has 10 nitrogen and oxygen atoms in total. The van der Waals surface area contributed by atoms with E-state index in [-0.39, 0.29) is 34.1 Å². The van der Waals surface area contributed by atoms with Crippen molar-refractivity contribution in [2.75, 3.05) is 0 Å². The minimum Gasteiger partial charge on any atom is -0.362 e. The first-order valence-corrected chi connectivity index (χ1v) is 5.66. The third kappa shape index (κ3) is 12.3. The zero-order valence-corrected chi connectivity index (χ0v) is 10.8. The maximum atomic E-state index is 10.3. The molecule has 14 heteroatoms. The van der Waals surface area contributed by atoms with Gasteiger partial charge < -0.3 is 9.05 Å². The summed E-state index contributed by atoms with van der Waals surface area (Å²) in [6, 6.07) is 0. The summed E-state index contributed by atoms with van der Waals surface area (Å²) in [4.78, 5) is 52.6. The van der Waals surface area contributed by atoms with Crippen LogP contribution in [0.25, 0.3) is 0 Å². The molecule has 0 saturated carbocycles. The fourth-order valence-corrected chi connectivity index (χ4v) is 0.872. The number of hydrogen-bond donors (Lipinski definition) is 4. The molecule has 0 atom stereocenters. The van der Waals surface area contributed by atoms with Crippen molar-refractivity contribution in [2.45, 2.75) is 0 Å². The Morgan fingerprint density at radius 3 is 1.06 bits per heavy atom. The van der Waals surface area contributed by atoms with Crippen molar-refractivity contribution in [3.8, 4) is 0 Å². The minimum atomic E-state index is -5.24. The predicted molar refractivity (Wildman–Crippen MR) is 36.3 cm³/mol. The summed E-state index contributed by atoms with van der Waals surface area (Å²) in [5, 5.41) is 0. The van der Waals surface area contributed by atoms with Crippen LogP contribution in [0.2, 0.25) is 0 Å². The van der Waals surface area contributed by atoms with E-state index in [2.05, 4.69) is 9.05 Å². The molecule has 0 fully saturated rings. The molecule has 16 heavy (non-hydrogen) atoms. The Kier molecular flexibility index (Phi) is 10.2. The predicted octanol–water partition coefficient (Wildman–Crippen LogP) is -1.75. The summed E-state index contributed by atoms with van der Waals surface area (Å²) in [6.45, 7) is 0. The maximum absolute atomic E-state index is 10.3. The van der Waals surface area contributed by atoms with Gasteiger partial charge in [-0.05, 0) is 0 Å². The Hall–Kier alpha value is 0.279. The monoisotopic (exact) mass is 362 g/mol. The Morgan fingerprint density at radius 2 is 0.938 bits per heavy atom. The van der Waals surface area contributed by atoms with Crippen LogP contribution in [0, 0.1) is 0 Å². The molecule has 0 unspecified atom stereocenters. The third-order valence-corrected chi connectivity index (χ3v) is 1.38. The Bertz CT molecular complexity index is 305.